The third kappa shape index (κ3) is 4.74. The van der Waals surface area contributed by atoms with Crippen LogP contribution in [0.25, 0.3) is 21.3 Å². The van der Waals surface area contributed by atoms with Crippen LogP contribution in [-0.2, 0) is 17.6 Å². The van der Waals surface area contributed by atoms with E-state index in [0.717, 1.165) is 35.3 Å². The van der Waals surface area contributed by atoms with Crippen LogP contribution in [0.5, 0.6) is 0 Å². The van der Waals surface area contributed by atoms with Gasteiger partial charge in [0.15, 0.2) is 5.16 Å². The molecule has 2 aromatic heterocycles. The maximum absolute atomic E-state index is 13.0. The number of carbonyl (C=O) groups is 1. The Morgan fingerprint density at radius 1 is 1.12 bits per heavy atom. The molecule has 5 rings (SSSR count). The predicted octanol–water partition coefficient (Wildman–Crippen LogP) is 5.33. The molecule has 1 amide bonds. The average molecular weight is 491 g/mol. The summed E-state index contributed by atoms with van der Waals surface area (Å²) in [5.41, 5.74) is 6.45. The minimum Gasteiger partial charge on any atom is -0.378 e. The number of amides is 1. The highest BCUT2D eigenvalue weighted by molar-refractivity contribution is 7.99. The maximum Gasteiger partial charge on any atom is 0.260 e. The summed E-state index contributed by atoms with van der Waals surface area (Å²) in [4.78, 5) is 35.5. The topological polar surface area (TPSA) is 78.1 Å². The van der Waals surface area contributed by atoms with Gasteiger partial charge in [0.1, 0.15) is 4.83 Å². The van der Waals surface area contributed by atoms with Crippen LogP contribution in [-0.4, -0.2) is 35.7 Å². The van der Waals surface area contributed by atoms with Gasteiger partial charge in [-0.05, 0) is 66.6 Å². The molecule has 34 heavy (non-hydrogen) atoms. The first-order chi connectivity index (χ1) is 16.5. The van der Waals surface area contributed by atoms with Gasteiger partial charge in [-0.3, -0.25) is 9.59 Å². The number of thioether (sulfide) groups is 1. The fourth-order valence-electron chi connectivity index (χ4n) is 4.28. The van der Waals surface area contributed by atoms with Crippen LogP contribution in [0.4, 0.5) is 11.4 Å². The van der Waals surface area contributed by atoms with Crippen LogP contribution in [0, 0.1) is 0 Å². The van der Waals surface area contributed by atoms with Crippen LogP contribution < -0.4 is 15.8 Å². The van der Waals surface area contributed by atoms with Crippen molar-refractivity contribution in [1.29, 1.82) is 0 Å². The van der Waals surface area contributed by atoms with Gasteiger partial charge in [0.05, 0.1) is 11.1 Å². The summed E-state index contributed by atoms with van der Waals surface area (Å²) < 4.78 is 0. The summed E-state index contributed by atoms with van der Waals surface area (Å²) >= 11 is 2.69. The number of aryl methyl sites for hydroxylation is 2. The Morgan fingerprint density at radius 2 is 1.88 bits per heavy atom. The maximum atomic E-state index is 13.0. The van der Waals surface area contributed by atoms with E-state index >= 15 is 0 Å². The molecule has 2 aromatic carbocycles. The molecule has 0 spiro atoms. The second kappa shape index (κ2) is 9.64. The van der Waals surface area contributed by atoms with E-state index in [-0.39, 0.29) is 17.2 Å². The molecule has 0 radical (unpaired) electrons. The number of carbonyl (C=O) groups excluding carboxylic acids is 1. The van der Waals surface area contributed by atoms with Crippen molar-refractivity contribution in [3.05, 3.63) is 69.3 Å². The normalized spacial score (nSPS) is 13.0. The lowest BCUT2D eigenvalue weighted by Crippen LogP contribution is -2.15. The quantitative estimate of drug-likeness (QED) is 0.282. The molecule has 6 nitrogen and oxygen atoms in total. The first-order valence-corrected chi connectivity index (χ1v) is 13.2. The van der Waals surface area contributed by atoms with Gasteiger partial charge < -0.3 is 15.2 Å². The van der Waals surface area contributed by atoms with E-state index in [1.807, 2.05) is 48.6 Å². The van der Waals surface area contributed by atoms with Crippen molar-refractivity contribution in [2.24, 2.45) is 0 Å². The average Bonchev–Trinajstić information content (AvgIpc) is 3.27. The molecule has 0 saturated carbocycles. The molecule has 4 aromatic rings. The molecule has 0 atom stereocenters. The van der Waals surface area contributed by atoms with E-state index in [1.165, 1.54) is 47.1 Å². The first kappa shape index (κ1) is 22.7. The fraction of sp³-hybridized carbons (Fsp3) is 0.269. The minimum absolute atomic E-state index is 0.147. The monoisotopic (exact) mass is 490 g/mol. The van der Waals surface area contributed by atoms with Gasteiger partial charge in [0.25, 0.3) is 5.56 Å². The van der Waals surface area contributed by atoms with Gasteiger partial charge >= 0.3 is 0 Å². The van der Waals surface area contributed by atoms with Crippen molar-refractivity contribution in [2.45, 2.75) is 30.8 Å². The van der Waals surface area contributed by atoms with Crippen molar-refractivity contribution in [3.8, 4) is 11.1 Å². The van der Waals surface area contributed by atoms with Crippen LogP contribution >= 0.6 is 23.1 Å². The summed E-state index contributed by atoms with van der Waals surface area (Å²) in [6.07, 6.45) is 4.71. The Bertz CT molecular complexity index is 1410. The minimum atomic E-state index is -0.166. The molecular formula is C26H26N4O2S2. The van der Waals surface area contributed by atoms with Crippen molar-refractivity contribution in [1.82, 2.24) is 9.97 Å². The van der Waals surface area contributed by atoms with Gasteiger partial charge in [-0.25, -0.2) is 4.98 Å². The highest BCUT2D eigenvalue weighted by Crippen LogP contribution is 2.34. The molecule has 0 bridgehead atoms. The molecule has 8 heteroatoms. The number of H-pyrrole nitrogens is 1. The lowest BCUT2D eigenvalue weighted by Gasteiger charge is -2.16. The number of benzene rings is 2. The third-order valence-electron chi connectivity index (χ3n) is 6.09. The molecule has 174 valence electrons. The van der Waals surface area contributed by atoms with Gasteiger partial charge in [-0.15, -0.1) is 11.3 Å². The number of hydrogen-bond acceptors (Lipinski definition) is 6. The summed E-state index contributed by atoms with van der Waals surface area (Å²) in [7, 11) is 3.94. The van der Waals surface area contributed by atoms with Gasteiger partial charge in [0.2, 0.25) is 5.91 Å². The Kier molecular flexibility index (Phi) is 6.43. The number of fused-ring (bicyclic) bond motifs is 2. The molecule has 1 aliphatic carbocycles. The number of aromatic nitrogens is 2. The second-order valence-corrected chi connectivity index (χ2v) is 10.5. The number of aromatic amines is 1. The molecule has 2 N–H and O–H groups in total. The van der Waals surface area contributed by atoms with Crippen LogP contribution in [0.15, 0.2) is 57.8 Å². The standard InChI is InChI=1S/C26H26N4O2S2/c1-30(2)20-11-9-19(10-12-20)27-22(31)15-34-26-28-24(32)23-21(14-33-25(23)29-26)18-8-7-16-5-3-4-6-17(16)13-18/h7-14H,3-6,15H2,1-2H3,(H,27,31)(H,28,29,32). The first-order valence-electron chi connectivity index (χ1n) is 11.3. The van der Waals surface area contributed by atoms with E-state index in [2.05, 4.69) is 33.5 Å². The van der Waals surface area contributed by atoms with Crippen molar-refractivity contribution in [2.75, 3.05) is 30.1 Å². The largest absolute Gasteiger partial charge is 0.378 e. The SMILES string of the molecule is CN(C)c1ccc(NC(=O)CSc2nc3scc(-c4ccc5c(c4)CCCC5)c3c(=O)[nH]2)cc1. The van der Waals surface area contributed by atoms with Crippen LogP contribution in [0.1, 0.15) is 24.0 Å². The van der Waals surface area contributed by atoms with Gasteiger partial charge in [-0.2, -0.15) is 0 Å². The van der Waals surface area contributed by atoms with Crippen LogP contribution in [0.2, 0.25) is 0 Å². The number of hydrogen-bond donors (Lipinski definition) is 2. The molecular weight excluding hydrogens is 464 g/mol. The van der Waals surface area contributed by atoms with E-state index in [0.29, 0.717) is 15.4 Å². The van der Waals surface area contributed by atoms with Crippen molar-refractivity contribution in [3.63, 3.8) is 0 Å². The smallest absolute Gasteiger partial charge is 0.260 e. The second-order valence-electron chi connectivity index (χ2n) is 8.67. The number of nitrogens with zero attached hydrogens (tertiary/aromatic N) is 2. The lowest BCUT2D eigenvalue weighted by molar-refractivity contribution is -0.113. The zero-order valence-electron chi connectivity index (χ0n) is 19.2. The van der Waals surface area contributed by atoms with Gasteiger partial charge in [-0.1, -0.05) is 30.0 Å². The number of rotatable bonds is 6. The molecule has 0 aliphatic heterocycles. The lowest BCUT2D eigenvalue weighted by atomic mass is 9.89. The summed E-state index contributed by atoms with van der Waals surface area (Å²) in [6.45, 7) is 0. The Balaban J connectivity index is 1.30. The fourth-order valence-corrected chi connectivity index (χ4v) is 5.95. The van der Waals surface area contributed by atoms with Crippen molar-refractivity contribution >= 4 is 50.6 Å². The van der Waals surface area contributed by atoms with E-state index in [4.69, 9.17) is 0 Å². The molecule has 0 saturated heterocycles. The number of thiophene rings is 1. The van der Waals surface area contributed by atoms with Crippen molar-refractivity contribution < 1.29 is 4.79 Å². The third-order valence-corrected chi connectivity index (χ3v) is 7.83. The Hall–Kier alpha value is -3.10. The van der Waals surface area contributed by atoms with E-state index in [9.17, 15) is 9.59 Å². The summed E-state index contributed by atoms with van der Waals surface area (Å²) in [5, 5.41) is 5.97. The summed E-state index contributed by atoms with van der Waals surface area (Å²) in [6, 6.07) is 14.2. The van der Waals surface area contributed by atoms with Gasteiger partial charge in [0, 0.05) is 36.4 Å². The highest BCUT2D eigenvalue weighted by Gasteiger charge is 2.16. The van der Waals surface area contributed by atoms with Crippen LogP contribution in [0.3, 0.4) is 0 Å². The van der Waals surface area contributed by atoms with E-state index in [1.54, 1.807) is 0 Å². The number of anilines is 2. The highest BCUT2D eigenvalue weighted by atomic mass is 32.2. The molecule has 0 unspecified atom stereocenters. The molecule has 2 heterocycles. The summed E-state index contributed by atoms with van der Waals surface area (Å²) in [5.74, 6) is 0.0127. The zero-order chi connectivity index (χ0) is 23.7. The number of nitrogens with one attached hydrogen (secondary N) is 2. The predicted molar refractivity (Wildman–Crippen MR) is 142 cm³/mol. The molecule has 0 fully saturated rings. The van der Waals surface area contributed by atoms with E-state index < -0.39 is 0 Å². The zero-order valence-corrected chi connectivity index (χ0v) is 20.8. The Morgan fingerprint density at radius 3 is 2.65 bits per heavy atom. The Labute approximate surface area is 206 Å². The molecule has 1 aliphatic rings.